The highest BCUT2D eigenvalue weighted by molar-refractivity contribution is 7.99. The van der Waals surface area contributed by atoms with Gasteiger partial charge in [0.2, 0.25) is 5.91 Å². The van der Waals surface area contributed by atoms with Crippen LogP contribution >= 0.6 is 11.8 Å². The van der Waals surface area contributed by atoms with Gasteiger partial charge in [-0.3, -0.25) is 14.3 Å². The Morgan fingerprint density at radius 2 is 1.77 bits per heavy atom. The second kappa shape index (κ2) is 9.38. The Kier molecular flexibility index (Phi) is 5.79. The molecule has 1 amide bonds. The zero-order valence-corrected chi connectivity index (χ0v) is 19.9. The van der Waals surface area contributed by atoms with Crippen LogP contribution in [-0.4, -0.2) is 47.8 Å². The van der Waals surface area contributed by atoms with Crippen molar-refractivity contribution in [3.05, 3.63) is 95.9 Å². The van der Waals surface area contributed by atoms with Gasteiger partial charge >= 0.3 is 0 Å². The number of amides is 1. The van der Waals surface area contributed by atoms with Gasteiger partial charge < -0.3 is 9.88 Å². The van der Waals surface area contributed by atoms with Crippen molar-refractivity contribution in [2.75, 3.05) is 12.3 Å². The summed E-state index contributed by atoms with van der Waals surface area (Å²) in [5, 5.41) is 10.9. The number of para-hydroxylation sites is 1. The Labute approximate surface area is 207 Å². The van der Waals surface area contributed by atoms with Crippen molar-refractivity contribution in [2.45, 2.75) is 24.7 Å². The predicted octanol–water partition coefficient (Wildman–Crippen LogP) is 4.55. The van der Waals surface area contributed by atoms with Crippen molar-refractivity contribution >= 4 is 28.6 Å². The van der Waals surface area contributed by atoms with Crippen LogP contribution in [0.2, 0.25) is 0 Å². The average molecular weight is 481 g/mol. The van der Waals surface area contributed by atoms with Gasteiger partial charge in [-0.05, 0) is 23.8 Å². The molecule has 0 saturated heterocycles. The lowest BCUT2D eigenvalue weighted by Crippen LogP contribution is -2.37. The summed E-state index contributed by atoms with van der Waals surface area (Å²) in [6.07, 6.45) is 4.35. The van der Waals surface area contributed by atoms with E-state index < -0.39 is 0 Å². The first-order valence-electron chi connectivity index (χ1n) is 11.6. The van der Waals surface area contributed by atoms with E-state index in [0.717, 1.165) is 40.6 Å². The zero-order valence-electron chi connectivity index (χ0n) is 19.1. The maximum absolute atomic E-state index is 13.2. The lowest BCUT2D eigenvalue weighted by Gasteiger charge is -2.27. The fraction of sp³-hybridized carbons (Fsp3) is 0.185. The van der Waals surface area contributed by atoms with E-state index in [1.54, 1.807) is 12.4 Å². The van der Waals surface area contributed by atoms with E-state index in [2.05, 4.69) is 49.0 Å². The average Bonchev–Trinajstić information content (AvgIpc) is 3.49. The summed E-state index contributed by atoms with van der Waals surface area (Å²) in [4.78, 5) is 22.8. The molecule has 1 aliphatic heterocycles. The summed E-state index contributed by atoms with van der Waals surface area (Å²) in [7, 11) is 0. The highest BCUT2D eigenvalue weighted by Gasteiger charge is 2.25. The van der Waals surface area contributed by atoms with Gasteiger partial charge in [0.05, 0.1) is 12.3 Å². The summed E-state index contributed by atoms with van der Waals surface area (Å²) < 4.78 is 2.08. The number of hydrogen-bond acceptors (Lipinski definition) is 5. The predicted molar refractivity (Wildman–Crippen MR) is 137 cm³/mol. The van der Waals surface area contributed by atoms with Gasteiger partial charge in [-0.1, -0.05) is 60.3 Å². The largest absolute Gasteiger partial charge is 0.358 e. The molecule has 0 unspecified atom stereocenters. The molecule has 0 aliphatic carbocycles. The van der Waals surface area contributed by atoms with Crippen LogP contribution in [0.15, 0.2) is 84.3 Å². The molecule has 1 N–H and O–H groups in total. The van der Waals surface area contributed by atoms with E-state index in [-0.39, 0.29) is 5.91 Å². The number of carbonyl (C=O) groups excluding carboxylic acids is 1. The van der Waals surface area contributed by atoms with Crippen LogP contribution in [0.1, 0.15) is 16.8 Å². The van der Waals surface area contributed by atoms with Crippen molar-refractivity contribution in [3.63, 3.8) is 0 Å². The molecular formula is C27H24N6OS. The molecule has 0 saturated carbocycles. The first kappa shape index (κ1) is 21.6. The van der Waals surface area contributed by atoms with Gasteiger partial charge in [0.1, 0.15) is 0 Å². The lowest BCUT2D eigenvalue weighted by molar-refractivity contribution is -0.129. The van der Waals surface area contributed by atoms with Crippen molar-refractivity contribution in [1.82, 2.24) is 29.6 Å². The lowest BCUT2D eigenvalue weighted by atomic mass is 10.0. The van der Waals surface area contributed by atoms with Crippen molar-refractivity contribution in [2.24, 2.45) is 0 Å². The van der Waals surface area contributed by atoms with E-state index in [9.17, 15) is 4.79 Å². The topological polar surface area (TPSA) is 79.7 Å². The number of benzene rings is 2. The molecule has 3 aromatic heterocycles. The van der Waals surface area contributed by atoms with Crippen LogP contribution in [-0.2, 0) is 24.3 Å². The van der Waals surface area contributed by atoms with E-state index in [4.69, 9.17) is 0 Å². The Balaban J connectivity index is 1.21. The van der Waals surface area contributed by atoms with Gasteiger partial charge in [-0.15, -0.1) is 10.2 Å². The Morgan fingerprint density at radius 3 is 2.63 bits per heavy atom. The minimum absolute atomic E-state index is 0.116. The third kappa shape index (κ3) is 4.33. The Hall–Kier alpha value is -3.91. The van der Waals surface area contributed by atoms with Crippen LogP contribution in [0.3, 0.4) is 0 Å². The number of carbonyl (C=O) groups is 1. The Bertz CT molecular complexity index is 1480. The molecule has 0 atom stereocenters. The van der Waals surface area contributed by atoms with Crippen molar-refractivity contribution < 1.29 is 4.79 Å². The fourth-order valence-corrected chi connectivity index (χ4v) is 5.46. The van der Waals surface area contributed by atoms with E-state index in [1.807, 2.05) is 47.4 Å². The standard InChI is InChI=1S/C27H24N6OS/c34-25(32-15-12-24-22(17-32)21-8-4-5-9-23(21)29-24)18-35-27-31-30-26(20-10-13-28-14-11-20)33(27)16-19-6-2-1-3-7-19/h1-11,13-14,29H,12,15-18H2. The minimum atomic E-state index is 0.116. The quantitative estimate of drug-likeness (QED) is 0.361. The SMILES string of the molecule is O=C(CSc1nnc(-c2ccncc2)n1Cc1ccccc1)N1CCc2[nH]c3ccccc3c2C1. The summed E-state index contributed by atoms with van der Waals surface area (Å²) in [5.74, 6) is 1.21. The number of aromatic amines is 1. The second-order valence-corrected chi connectivity index (χ2v) is 9.54. The van der Waals surface area contributed by atoms with Crippen molar-refractivity contribution in [1.29, 1.82) is 0 Å². The van der Waals surface area contributed by atoms with E-state index in [1.165, 1.54) is 28.4 Å². The van der Waals surface area contributed by atoms with Gasteiger partial charge in [0, 0.05) is 59.6 Å². The molecule has 4 heterocycles. The monoisotopic (exact) mass is 480 g/mol. The van der Waals surface area contributed by atoms with Gasteiger partial charge in [-0.25, -0.2) is 0 Å². The summed E-state index contributed by atoms with van der Waals surface area (Å²) >= 11 is 1.45. The maximum atomic E-state index is 13.2. The molecule has 1 aliphatic rings. The molecule has 2 aromatic carbocycles. The van der Waals surface area contributed by atoms with Crippen LogP contribution in [0.4, 0.5) is 0 Å². The summed E-state index contributed by atoms with van der Waals surface area (Å²) in [6.45, 7) is 1.99. The third-order valence-corrected chi connectivity index (χ3v) is 7.35. The van der Waals surface area contributed by atoms with Gasteiger partial charge in [0.25, 0.3) is 0 Å². The van der Waals surface area contributed by atoms with E-state index >= 15 is 0 Å². The molecule has 0 radical (unpaired) electrons. The molecule has 7 nitrogen and oxygen atoms in total. The van der Waals surface area contributed by atoms with Crippen molar-refractivity contribution in [3.8, 4) is 11.4 Å². The summed E-state index contributed by atoms with van der Waals surface area (Å²) in [5.41, 5.74) is 5.71. The smallest absolute Gasteiger partial charge is 0.233 e. The maximum Gasteiger partial charge on any atom is 0.233 e. The molecule has 174 valence electrons. The third-order valence-electron chi connectivity index (χ3n) is 6.40. The fourth-order valence-electron chi connectivity index (χ4n) is 4.62. The van der Waals surface area contributed by atoms with Gasteiger partial charge in [-0.2, -0.15) is 0 Å². The van der Waals surface area contributed by atoms with Gasteiger partial charge in [0.15, 0.2) is 11.0 Å². The van der Waals surface area contributed by atoms with Crippen LogP contribution < -0.4 is 0 Å². The number of pyridine rings is 1. The molecule has 0 fully saturated rings. The van der Waals surface area contributed by atoms with E-state index in [0.29, 0.717) is 18.8 Å². The molecule has 6 rings (SSSR count). The number of hydrogen-bond donors (Lipinski definition) is 1. The first-order valence-corrected chi connectivity index (χ1v) is 12.6. The molecular weight excluding hydrogens is 456 g/mol. The number of fused-ring (bicyclic) bond motifs is 3. The number of nitrogens with one attached hydrogen (secondary N) is 1. The normalized spacial score (nSPS) is 13.2. The second-order valence-electron chi connectivity index (χ2n) is 8.60. The number of nitrogens with zero attached hydrogens (tertiary/aromatic N) is 5. The number of rotatable bonds is 6. The van der Waals surface area contributed by atoms with Crippen LogP contribution in [0.5, 0.6) is 0 Å². The molecule has 35 heavy (non-hydrogen) atoms. The highest BCUT2D eigenvalue weighted by atomic mass is 32.2. The zero-order chi connectivity index (χ0) is 23.6. The van der Waals surface area contributed by atoms with Crippen LogP contribution in [0, 0.1) is 0 Å². The van der Waals surface area contributed by atoms with Crippen LogP contribution in [0.25, 0.3) is 22.3 Å². The molecule has 8 heteroatoms. The summed E-state index contributed by atoms with van der Waals surface area (Å²) in [6, 6.07) is 22.4. The molecule has 0 bridgehead atoms. The number of H-pyrrole nitrogens is 1. The Morgan fingerprint density at radius 1 is 0.971 bits per heavy atom. The minimum Gasteiger partial charge on any atom is -0.358 e. The molecule has 5 aromatic rings. The number of thioether (sulfide) groups is 1. The number of aromatic nitrogens is 5. The highest BCUT2D eigenvalue weighted by Crippen LogP contribution is 2.29. The first-order chi connectivity index (χ1) is 17.3. The molecule has 0 spiro atoms.